The van der Waals surface area contributed by atoms with Crippen LogP contribution in [0.2, 0.25) is 0 Å². The van der Waals surface area contributed by atoms with E-state index in [1.807, 2.05) is 6.07 Å². The van der Waals surface area contributed by atoms with Crippen LogP contribution in [0.1, 0.15) is 24.8 Å². The summed E-state index contributed by atoms with van der Waals surface area (Å²) in [5, 5.41) is 6.46. The Kier molecular flexibility index (Phi) is 14.5. The Bertz CT molecular complexity index is 647. The van der Waals surface area contributed by atoms with Crippen LogP contribution in [0.3, 0.4) is 0 Å². The minimum absolute atomic E-state index is 0. The molecular weight excluding hydrogens is 523 g/mol. The van der Waals surface area contributed by atoms with Crippen LogP contribution in [-0.4, -0.2) is 66.2 Å². The summed E-state index contributed by atoms with van der Waals surface area (Å²) < 4.78 is 45.7. The highest BCUT2D eigenvalue weighted by atomic mass is 127. The third-order valence-electron chi connectivity index (χ3n) is 4.83. The molecule has 1 saturated heterocycles. The normalized spacial score (nSPS) is 14.8. The van der Waals surface area contributed by atoms with E-state index in [1.54, 1.807) is 19.2 Å². The average Bonchev–Trinajstić information content (AvgIpc) is 2.75. The van der Waals surface area contributed by atoms with Crippen LogP contribution in [0, 0.1) is 5.92 Å². The fourth-order valence-corrected chi connectivity index (χ4v) is 3.15. The lowest BCUT2D eigenvalue weighted by Gasteiger charge is -2.21. The van der Waals surface area contributed by atoms with Crippen LogP contribution >= 0.6 is 24.0 Å². The maximum atomic E-state index is 12.5. The maximum Gasteiger partial charge on any atom is 0.387 e. The average molecular weight is 557 g/mol. The summed E-state index contributed by atoms with van der Waals surface area (Å²) >= 11 is 0. The fraction of sp³-hybridized carbons (Fsp3) is 0.667. The van der Waals surface area contributed by atoms with Crippen molar-refractivity contribution in [3.63, 3.8) is 0 Å². The van der Waals surface area contributed by atoms with E-state index in [0.29, 0.717) is 31.4 Å². The number of aliphatic imine (C=N–C) groups is 1. The number of rotatable bonds is 12. The van der Waals surface area contributed by atoms with Gasteiger partial charge in [0.1, 0.15) is 0 Å². The van der Waals surface area contributed by atoms with Gasteiger partial charge in [0.2, 0.25) is 0 Å². The Morgan fingerprint density at radius 3 is 2.61 bits per heavy atom. The third kappa shape index (κ3) is 11.2. The van der Waals surface area contributed by atoms with E-state index in [1.165, 1.54) is 7.11 Å². The molecule has 1 heterocycles. The van der Waals surface area contributed by atoms with Crippen molar-refractivity contribution in [2.24, 2.45) is 10.9 Å². The minimum Gasteiger partial charge on any atom is -0.493 e. The summed E-state index contributed by atoms with van der Waals surface area (Å²) in [6.45, 7) is 1.65. The molecule has 0 unspecified atom stereocenters. The van der Waals surface area contributed by atoms with Gasteiger partial charge >= 0.3 is 6.61 Å². The predicted molar refractivity (Wildman–Crippen MR) is 127 cm³/mol. The molecule has 1 aliphatic heterocycles. The molecule has 1 fully saturated rings. The zero-order valence-corrected chi connectivity index (χ0v) is 20.5. The second-order valence-electron chi connectivity index (χ2n) is 7.02. The van der Waals surface area contributed by atoms with Crippen LogP contribution in [0.4, 0.5) is 8.78 Å². The number of guanidine groups is 1. The van der Waals surface area contributed by atoms with Gasteiger partial charge in [-0.1, -0.05) is 6.07 Å². The van der Waals surface area contributed by atoms with Crippen molar-refractivity contribution in [1.29, 1.82) is 0 Å². The molecule has 0 amide bonds. The van der Waals surface area contributed by atoms with Gasteiger partial charge < -0.3 is 29.6 Å². The van der Waals surface area contributed by atoms with Crippen molar-refractivity contribution in [1.82, 2.24) is 10.6 Å². The van der Waals surface area contributed by atoms with Gasteiger partial charge in [-0.3, -0.25) is 4.99 Å². The molecule has 0 spiro atoms. The molecule has 31 heavy (non-hydrogen) atoms. The van der Waals surface area contributed by atoms with Gasteiger partial charge in [-0.15, -0.1) is 24.0 Å². The molecule has 0 atom stereocenters. The standard InChI is InChI=1S/C21H33F2N3O4.HI/c1-24-21(25-9-3-11-29-15-17-7-12-28-13-8-17)26-10-6-16-4-5-18(27-2)19(14-16)30-20(22)23;/h4-5,14,17,20H,3,6-13,15H2,1-2H3,(H2,24,25,26);1H. The first-order valence-corrected chi connectivity index (χ1v) is 10.3. The Morgan fingerprint density at radius 1 is 1.19 bits per heavy atom. The van der Waals surface area contributed by atoms with Crippen molar-refractivity contribution in [2.75, 3.05) is 53.7 Å². The third-order valence-corrected chi connectivity index (χ3v) is 4.83. The molecule has 10 heteroatoms. The molecule has 0 bridgehead atoms. The molecule has 0 aliphatic carbocycles. The molecule has 0 radical (unpaired) electrons. The topological polar surface area (TPSA) is 73.3 Å². The Morgan fingerprint density at radius 2 is 1.94 bits per heavy atom. The number of ether oxygens (including phenoxy) is 4. The van der Waals surface area contributed by atoms with E-state index in [4.69, 9.17) is 14.2 Å². The zero-order valence-electron chi connectivity index (χ0n) is 18.2. The van der Waals surface area contributed by atoms with Gasteiger partial charge in [0.05, 0.1) is 7.11 Å². The number of hydrogen-bond donors (Lipinski definition) is 2. The lowest BCUT2D eigenvalue weighted by molar-refractivity contribution is -0.0512. The maximum absolute atomic E-state index is 12.5. The number of alkyl halides is 2. The first kappa shape index (κ1) is 27.6. The van der Waals surface area contributed by atoms with E-state index in [0.717, 1.165) is 51.2 Å². The second kappa shape index (κ2) is 16.3. The van der Waals surface area contributed by atoms with Gasteiger partial charge in [0.15, 0.2) is 17.5 Å². The Hall–Kier alpha value is -1.40. The highest BCUT2D eigenvalue weighted by molar-refractivity contribution is 14.0. The largest absolute Gasteiger partial charge is 0.493 e. The first-order valence-electron chi connectivity index (χ1n) is 10.3. The molecule has 7 nitrogen and oxygen atoms in total. The number of nitrogens with zero attached hydrogens (tertiary/aromatic N) is 1. The van der Waals surface area contributed by atoms with E-state index in [2.05, 4.69) is 20.4 Å². The van der Waals surface area contributed by atoms with Crippen LogP contribution in [-0.2, 0) is 15.9 Å². The second-order valence-corrected chi connectivity index (χ2v) is 7.02. The van der Waals surface area contributed by atoms with E-state index < -0.39 is 6.61 Å². The number of benzene rings is 1. The summed E-state index contributed by atoms with van der Waals surface area (Å²) in [5.41, 5.74) is 0.857. The Balaban J connectivity index is 0.00000480. The molecule has 1 aliphatic rings. The summed E-state index contributed by atoms with van der Waals surface area (Å²) in [4.78, 5) is 4.19. The van der Waals surface area contributed by atoms with Crippen molar-refractivity contribution in [3.05, 3.63) is 23.8 Å². The van der Waals surface area contributed by atoms with Crippen molar-refractivity contribution in [2.45, 2.75) is 32.3 Å². The number of nitrogens with one attached hydrogen (secondary N) is 2. The van der Waals surface area contributed by atoms with Crippen molar-refractivity contribution in [3.8, 4) is 11.5 Å². The monoisotopic (exact) mass is 557 g/mol. The summed E-state index contributed by atoms with van der Waals surface area (Å²) in [6.07, 6.45) is 3.67. The SMILES string of the molecule is CN=C(NCCCOCC1CCOCC1)NCCc1ccc(OC)c(OC(F)F)c1.I. The van der Waals surface area contributed by atoms with E-state index in [-0.39, 0.29) is 35.5 Å². The van der Waals surface area contributed by atoms with Crippen molar-refractivity contribution >= 4 is 29.9 Å². The van der Waals surface area contributed by atoms with Crippen LogP contribution < -0.4 is 20.1 Å². The molecule has 178 valence electrons. The lowest BCUT2D eigenvalue weighted by Crippen LogP contribution is -2.39. The molecule has 1 aromatic rings. The number of halogens is 3. The van der Waals surface area contributed by atoms with Gasteiger partial charge in [-0.25, -0.2) is 0 Å². The summed E-state index contributed by atoms with van der Waals surface area (Å²) in [5.74, 6) is 1.62. The highest BCUT2D eigenvalue weighted by Gasteiger charge is 2.13. The molecule has 2 N–H and O–H groups in total. The smallest absolute Gasteiger partial charge is 0.387 e. The quantitative estimate of drug-likeness (QED) is 0.178. The zero-order chi connectivity index (χ0) is 21.6. The number of hydrogen-bond acceptors (Lipinski definition) is 5. The highest BCUT2D eigenvalue weighted by Crippen LogP contribution is 2.29. The molecule has 2 rings (SSSR count). The van der Waals surface area contributed by atoms with Crippen molar-refractivity contribution < 1.29 is 27.7 Å². The van der Waals surface area contributed by atoms with Crippen LogP contribution in [0.5, 0.6) is 11.5 Å². The molecule has 0 aromatic heterocycles. The van der Waals surface area contributed by atoms with Crippen LogP contribution in [0.15, 0.2) is 23.2 Å². The number of methoxy groups -OCH3 is 1. The van der Waals surface area contributed by atoms with E-state index in [9.17, 15) is 8.78 Å². The van der Waals surface area contributed by atoms with Gasteiger partial charge in [-0.2, -0.15) is 8.78 Å². The van der Waals surface area contributed by atoms with Gasteiger partial charge in [0.25, 0.3) is 0 Å². The van der Waals surface area contributed by atoms with Gasteiger partial charge in [-0.05, 0) is 49.3 Å². The van der Waals surface area contributed by atoms with Gasteiger partial charge in [0, 0.05) is 46.6 Å². The first-order chi connectivity index (χ1) is 14.6. The molecule has 1 aromatic carbocycles. The molecule has 0 saturated carbocycles. The Labute approximate surface area is 200 Å². The van der Waals surface area contributed by atoms with Crippen LogP contribution in [0.25, 0.3) is 0 Å². The molecular formula is C21H34F2IN3O4. The lowest BCUT2D eigenvalue weighted by atomic mass is 10.0. The fourth-order valence-electron chi connectivity index (χ4n) is 3.15. The summed E-state index contributed by atoms with van der Waals surface area (Å²) in [6, 6.07) is 5.02. The predicted octanol–water partition coefficient (Wildman–Crippen LogP) is 3.46. The minimum atomic E-state index is -2.89. The van der Waals surface area contributed by atoms with E-state index >= 15 is 0 Å². The summed E-state index contributed by atoms with van der Waals surface area (Å²) in [7, 11) is 3.12.